The number of amides is 1. The minimum Gasteiger partial charge on any atom is -0.391 e. The molecule has 22 heavy (non-hydrogen) atoms. The average molecular weight is 309 g/mol. The van der Waals surface area contributed by atoms with Crippen LogP contribution in [0.2, 0.25) is 0 Å². The fraction of sp³-hybridized carbons (Fsp3) is 0.588. The van der Waals surface area contributed by atoms with Crippen LogP contribution in [0.25, 0.3) is 0 Å². The second kappa shape index (κ2) is 6.32. The highest BCUT2D eigenvalue weighted by molar-refractivity contribution is 5.77. The van der Waals surface area contributed by atoms with Crippen LogP contribution >= 0.6 is 0 Å². The Bertz CT molecular complexity index is 560. The van der Waals surface area contributed by atoms with Crippen molar-refractivity contribution in [1.82, 2.24) is 4.90 Å². The Morgan fingerprint density at radius 2 is 2.09 bits per heavy atom. The van der Waals surface area contributed by atoms with E-state index in [9.17, 15) is 18.7 Å². The Hall–Kier alpha value is -1.49. The second-order valence-corrected chi connectivity index (χ2v) is 6.45. The topological polar surface area (TPSA) is 40.5 Å². The van der Waals surface area contributed by atoms with E-state index in [1.165, 1.54) is 24.2 Å². The van der Waals surface area contributed by atoms with Gasteiger partial charge in [-0.15, -0.1) is 0 Å². The quantitative estimate of drug-likeness (QED) is 0.928. The van der Waals surface area contributed by atoms with E-state index in [4.69, 9.17) is 0 Å². The monoisotopic (exact) mass is 309 g/mol. The summed E-state index contributed by atoms with van der Waals surface area (Å²) in [5.41, 5.74) is 0.161. The van der Waals surface area contributed by atoms with Crippen LogP contribution in [0.1, 0.15) is 50.1 Å². The maximum absolute atomic E-state index is 14.0. The van der Waals surface area contributed by atoms with E-state index in [-0.39, 0.29) is 24.4 Å². The minimum atomic E-state index is -0.680. The number of benzene rings is 1. The van der Waals surface area contributed by atoms with Crippen molar-refractivity contribution in [2.24, 2.45) is 5.92 Å². The number of likely N-dealkylation sites (tertiary alicyclic amines) is 1. The van der Waals surface area contributed by atoms with Crippen molar-refractivity contribution in [3.63, 3.8) is 0 Å². The fourth-order valence-electron chi connectivity index (χ4n) is 3.41. The molecule has 1 aromatic carbocycles. The minimum absolute atomic E-state index is 0.0721. The van der Waals surface area contributed by atoms with E-state index in [0.717, 1.165) is 24.6 Å². The molecule has 3 rings (SSSR count). The van der Waals surface area contributed by atoms with Crippen molar-refractivity contribution in [3.8, 4) is 0 Å². The summed E-state index contributed by atoms with van der Waals surface area (Å²) >= 11 is 0. The first-order chi connectivity index (χ1) is 10.5. The predicted octanol–water partition coefficient (Wildman–Crippen LogP) is 3.18. The van der Waals surface area contributed by atoms with Crippen molar-refractivity contribution in [3.05, 3.63) is 35.4 Å². The number of hydrogen-bond donors (Lipinski definition) is 1. The zero-order chi connectivity index (χ0) is 15.7. The third kappa shape index (κ3) is 3.14. The number of halogens is 2. The SMILES string of the molecule is O=C(CCC1CCC1)N1CC(O)CC1c1cc(F)ccc1F. The number of aliphatic hydroxyl groups excluding tert-OH is 1. The molecule has 2 unspecified atom stereocenters. The molecule has 1 N–H and O–H groups in total. The smallest absolute Gasteiger partial charge is 0.223 e. The Balaban J connectivity index is 1.73. The first kappa shape index (κ1) is 15.4. The van der Waals surface area contributed by atoms with Crippen LogP contribution < -0.4 is 0 Å². The summed E-state index contributed by atoms with van der Waals surface area (Å²) in [6.45, 7) is 0.199. The molecule has 2 atom stereocenters. The van der Waals surface area contributed by atoms with Crippen LogP contribution in [0.15, 0.2) is 18.2 Å². The molecule has 1 heterocycles. The van der Waals surface area contributed by atoms with E-state index < -0.39 is 23.8 Å². The Morgan fingerprint density at radius 1 is 1.32 bits per heavy atom. The lowest BCUT2D eigenvalue weighted by Crippen LogP contribution is -2.32. The van der Waals surface area contributed by atoms with Crippen LogP contribution in [0, 0.1) is 17.6 Å². The standard InChI is InChI=1S/C17H21F2NO2/c18-12-5-6-15(19)14(8-12)16-9-13(21)10-20(16)17(22)7-4-11-2-1-3-11/h5-6,8,11,13,16,21H,1-4,7,9-10H2. The Morgan fingerprint density at radius 3 is 2.77 bits per heavy atom. The van der Waals surface area contributed by atoms with Crippen molar-refractivity contribution in [2.75, 3.05) is 6.54 Å². The summed E-state index contributed by atoms with van der Waals surface area (Å²) in [4.78, 5) is 13.9. The summed E-state index contributed by atoms with van der Waals surface area (Å²) in [5, 5.41) is 9.87. The Kier molecular flexibility index (Phi) is 4.43. The van der Waals surface area contributed by atoms with Gasteiger partial charge >= 0.3 is 0 Å². The highest BCUT2D eigenvalue weighted by atomic mass is 19.1. The largest absolute Gasteiger partial charge is 0.391 e. The highest BCUT2D eigenvalue weighted by Crippen LogP contribution is 2.36. The van der Waals surface area contributed by atoms with E-state index in [1.807, 2.05) is 0 Å². The van der Waals surface area contributed by atoms with Gasteiger partial charge in [0.25, 0.3) is 0 Å². The van der Waals surface area contributed by atoms with Gasteiger partial charge in [0, 0.05) is 18.5 Å². The zero-order valence-electron chi connectivity index (χ0n) is 12.5. The molecule has 1 aliphatic carbocycles. The van der Waals surface area contributed by atoms with Crippen molar-refractivity contribution in [1.29, 1.82) is 0 Å². The second-order valence-electron chi connectivity index (χ2n) is 6.45. The van der Waals surface area contributed by atoms with Crippen LogP contribution in [0.5, 0.6) is 0 Å². The van der Waals surface area contributed by atoms with Gasteiger partial charge in [-0.2, -0.15) is 0 Å². The molecule has 1 aliphatic heterocycles. The van der Waals surface area contributed by atoms with Gasteiger partial charge < -0.3 is 10.0 Å². The normalized spacial score (nSPS) is 25.3. The van der Waals surface area contributed by atoms with Gasteiger partial charge in [0.1, 0.15) is 11.6 Å². The highest BCUT2D eigenvalue weighted by Gasteiger charge is 2.36. The number of carbonyl (C=O) groups excluding carboxylic acids is 1. The maximum atomic E-state index is 14.0. The molecule has 1 saturated heterocycles. The van der Waals surface area contributed by atoms with Gasteiger partial charge in [0.2, 0.25) is 5.91 Å². The van der Waals surface area contributed by atoms with Gasteiger partial charge in [0.15, 0.2) is 0 Å². The molecular formula is C17H21F2NO2. The van der Waals surface area contributed by atoms with Gasteiger partial charge in [-0.05, 0) is 37.0 Å². The Labute approximate surface area is 128 Å². The van der Waals surface area contributed by atoms with E-state index in [1.54, 1.807) is 0 Å². The first-order valence-electron chi connectivity index (χ1n) is 7.97. The first-order valence-corrected chi connectivity index (χ1v) is 7.97. The summed E-state index contributed by atoms with van der Waals surface area (Å²) in [7, 11) is 0. The third-order valence-corrected chi connectivity index (χ3v) is 4.91. The summed E-state index contributed by atoms with van der Waals surface area (Å²) < 4.78 is 27.4. The van der Waals surface area contributed by atoms with Crippen molar-refractivity contribution in [2.45, 2.75) is 50.7 Å². The molecule has 0 spiro atoms. The predicted molar refractivity (Wildman–Crippen MR) is 78.0 cm³/mol. The molecule has 2 fully saturated rings. The number of hydrogen-bond acceptors (Lipinski definition) is 2. The summed E-state index contributed by atoms with van der Waals surface area (Å²) in [6.07, 6.45) is 4.44. The number of nitrogens with zero attached hydrogens (tertiary/aromatic N) is 1. The molecule has 1 saturated carbocycles. The fourth-order valence-corrected chi connectivity index (χ4v) is 3.41. The number of β-amino-alcohol motifs (C(OH)–C–C–N with tert-alkyl or cyclic N) is 1. The molecule has 3 nitrogen and oxygen atoms in total. The lowest BCUT2D eigenvalue weighted by atomic mass is 9.82. The molecule has 0 radical (unpaired) electrons. The van der Waals surface area contributed by atoms with Gasteiger partial charge in [0.05, 0.1) is 12.1 Å². The summed E-state index contributed by atoms with van der Waals surface area (Å²) in [6, 6.07) is 2.70. The van der Waals surface area contributed by atoms with Gasteiger partial charge in [-0.25, -0.2) is 8.78 Å². The maximum Gasteiger partial charge on any atom is 0.223 e. The molecular weight excluding hydrogens is 288 g/mol. The van der Waals surface area contributed by atoms with Gasteiger partial charge in [-0.1, -0.05) is 19.3 Å². The lowest BCUT2D eigenvalue weighted by molar-refractivity contribution is -0.133. The zero-order valence-corrected chi connectivity index (χ0v) is 12.5. The molecule has 1 amide bonds. The van der Waals surface area contributed by atoms with Crippen LogP contribution in [0.4, 0.5) is 8.78 Å². The molecule has 0 bridgehead atoms. The third-order valence-electron chi connectivity index (χ3n) is 4.91. The van der Waals surface area contributed by atoms with E-state index in [0.29, 0.717) is 12.3 Å². The van der Waals surface area contributed by atoms with Crippen molar-refractivity contribution >= 4 is 5.91 Å². The number of aliphatic hydroxyl groups is 1. The van der Waals surface area contributed by atoms with Crippen LogP contribution in [-0.4, -0.2) is 28.6 Å². The molecule has 5 heteroatoms. The van der Waals surface area contributed by atoms with Gasteiger partial charge in [-0.3, -0.25) is 4.79 Å². The van der Waals surface area contributed by atoms with Crippen molar-refractivity contribution < 1.29 is 18.7 Å². The molecule has 1 aromatic rings. The average Bonchev–Trinajstić information content (AvgIpc) is 2.81. The molecule has 0 aromatic heterocycles. The summed E-state index contributed by atoms with van der Waals surface area (Å²) in [5.74, 6) is -0.505. The van der Waals surface area contributed by atoms with Crippen LogP contribution in [-0.2, 0) is 4.79 Å². The molecule has 2 aliphatic rings. The number of carbonyl (C=O) groups is 1. The van der Waals surface area contributed by atoms with E-state index >= 15 is 0 Å². The molecule has 120 valence electrons. The van der Waals surface area contributed by atoms with E-state index in [2.05, 4.69) is 0 Å². The lowest BCUT2D eigenvalue weighted by Gasteiger charge is -2.28. The number of rotatable bonds is 4. The van der Waals surface area contributed by atoms with Crippen LogP contribution in [0.3, 0.4) is 0 Å².